The number of fused-ring (bicyclic) bond motifs is 1. The highest BCUT2D eigenvalue weighted by Crippen LogP contribution is 2.36. The molecule has 1 aliphatic rings. The van der Waals surface area contributed by atoms with E-state index in [0.29, 0.717) is 17.7 Å². The van der Waals surface area contributed by atoms with E-state index in [1.165, 1.54) is 13.2 Å². The summed E-state index contributed by atoms with van der Waals surface area (Å²) < 4.78 is 5.11. The fraction of sp³-hybridized carbons (Fsp3) is 0.211. The molecule has 0 saturated heterocycles. The lowest BCUT2D eigenvalue weighted by molar-refractivity contribution is 0.104. The zero-order chi connectivity index (χ0) is 16.6. The molecular formula is C19H20ClNO3. The first-order valence-corrected chi connectivity index (χ1v) is 7.42. The average molecular weight is 346 g/mol. The van der Waals surface area contributed by atoms with Crippen LogP contribution < -0.4 is 9.64 Å². The third-order valence-electron chi connectivity index (χ3n) is 4.07. The van der Waals surface area contributed by atoms with Crippen LogP contribution in [-0.4, -0.2) is 32.1 Å². The minimum Gasteiger partial charge on any atom is -0.504 e. The van der Waals surface area contributed by atoms with Crippen LogP contribution in [0.2, 0.25) is 0 Å². The minimum atomic E-state index is -0.0327. The van der Waals surface area contributed by atoms with Crippen LogP contribution in [0.25, 0.3) is 6.08 Å². The summed E-state index contributed by atoms with van der Waals surface area (Å²) in [6.45, 7) is 0. The zero-order valence-corrected chi connectivity index (χ0v) is 14.7. The summed E-state index contributed by atoms with van der Waals surface area (Å²) in [5.41, 5.74) is 4.27. The Labute approximate surface area is 147 Å². The summed E-state index contributed by atoms with van der Waals surface area (Å²) >= 11 is 0. The first-order chi connectivity index (χ1) is 11.0. The second-order valence-electron chi connectivity index (χ2n) is 5.84. The molecule has 2 aromatic rings. The van der Waals surface area contributed by atoms with Gasteiger partial charge in [-0.25, -0.2) is 0 Å². The van der Waals surface area contributed by atoms with Crippen molar-refractivity contribution in [1.82, 2.24) is 0 Å². The molecule has 0 aromatic heterocycles. The monoisotopic (exact) mass is 345 g/mol. The number of rotatable bonds is 3. The summed E-state index contributed by atoms with van der Waals surface area (Å²) in [7, 11) is 5.48. The van der Waals surface area contributed by atoms with Gasteiger partial charge in [0.1, 0.15) is 0 Å². The van der Waals surface area contributed by atoms with Crippen LogP contribution in [0.3, 0.4) is 0 Å². The Morgan fingerprint density at radius 3 is 2.42 bits per heavy atom. The quantitative estimate of drug-likeness (QED) is 0.861. The topological polar surface area (TPSA) is 49.8 Å². The zero-order valence-electron chi connectivity index (χ0n) is 13.9. The van der Waals surface area contributed by atoms with Gasteiger partial charge < -0.3 is 14.7 Å². The van der Waals surface area contributed by atoms with Crippen molar-refractivity contribution in [3.63, 3.8) is 0 Å². The lowest BCUT2D eigenvalue weighted by atomic mass is 10.1. The first-order valence-electron chi connectivity index (χ1n) is 7.42. The van der Waals surface area contributed by atoms with Crippen LogP contribution >= 0.6 is 12.4 Å². The van der Waals surface area contributed by atoms with Gasteiger partial charge in [0.25, 0.3) is 0 Å². The van der Waals surface area contributed by atoms with Crippen molar-refractivity contribution < 1.29 is 14.6 Å². The molecule has 24 heavy (non-hydrogen) atoms. The molecule has 5 heteroatoms. The van der Waals surface area contributed by atoms with E-state index in [1.54, 1.807) is 6.07 Å². The lowest BCUT2D eigenvalue weighted by Crippen LogP contribution is -2.07. The number of anilines is 1. The summed E-state index contributed by atoms with van der Waals surface area (Å²) in [5, 5.41) is 9.85. The molecule has 0 amide bonds. The van der Waals surface area contributed by atoms with Gasteiger partial charge >= 0.3 is 0 Å². The van der Waals surface area contributed by atoms with Crippen LogP contribution in [0.5, 0.6) is 11.5 Å². The lowest BCUT2D eigenvalue weighted by Gasteiger charge is -2.11. The number of ether oxygens (including phenoxy) is 1. The average Bonchev–Trinajstić information content (AvgIpc) is 2.83. The van der Waals surface area contributed by atoms with Gasteiger partial charge in [-0.15, -0.1) is 12.4 Å². The summed E-state index contributed by atoms with van der Waals surface area (Å²) in [5.74, 6) is 0.360. The molecule has 126 valence electrons. The number of benzene rings is 2. The van der Waals surface area contributed by atoms with Gasteiger partial charge in [0.15, 0.2) is 17.3 Å². The van der Waals surface area contributed by atoms with Gasteiger partial charge in [0, 0.05) is 37.3 Å². The van der Waals surface area contributed by atoms with Crippen molar-refractivity contribution in [3.05, 3.63) is 58.7 Å². The van der Waals surface area contributed by atoms with Crippen LogP contribution in [0, 0.1) is 0 Å². The van der Waals surface area contributed by atoms with Gasteiger partial charge in [-0.2, -0.15) is 0 Å². The Morgan fingerprint density at radius 1 is 1.17 bits per heavy atom. The Balaban J connectivity index is 0.00000208. The van der Waals surface area contributed by atoms with E-state index in [4.69, 9.17) is 4.74 Å². The Morgan fingerprint density at radius 2 is 1.83 bits per heavy atom. The van der Waals surface area contributed by atoms with Gasteiger partial charge in [0.05, 0.1) is 7.11 Å². The van der Waals surface area contributed by atoms with Crippen LogP contribution in [0.15, 0.2) is 42.0 Å². The van der Waals surface area contributed by atoms with Crippen LogP contribution in [-0.2, 0) is 6.42 Å². The molecule has 0 bridgehead atoms. The fourth-order valence-electron chi connectivity index (χ4n) is 2.78. The van der Waals surface area contributed by atoms with Gasteiger partial charge in [-0.05, 0) is 41.5 Å². The SMILES string of the molecule is COc1cc2c(cc1O)C(=O)/C(=C/c1ccc(N(C)C)cc1)C2.Cl. The molecule has 0 saturated carbocycles. The molecule has 1 aliphatic carbocycles. The Bertz CT molecular complexity index is 795. The summed E-state index contributed by atoms with van der Waals surface area (Å²) in [6, 6.07) is 11.3. The van der Waals surface area contributed by atoms with Gasteiger partial charge in [-0.1, -0.05) is 12.1 Å². The van der Waals surface area contributed by atoms with Crippen LogP contribution in [0.4, 0.5) is 5.69 Å². The maximum Gasteiger partial charge on any atom is 0.189 e. The Kier molecular flexibility index (Phi) is 5.20. The number of Topliss-reactive ketones (excluding diaryl/α,β-unsaturated/α-hetero) is 1. The number of halogens is 1. The van der Waals surface area contributed by atoms with Gasteiger partial charge in [0.2, 0.25) is 0 Å². The van der Waals surface area contributed by atoms with E-state index in [9.17, 15) is 9.90 Å². The van der Waals surface area contributed by atoms with Crippen molar-refractivity contribution in [2.45, 2.75) is 6.42 Å². The molecule has 4 nitrogen and oxygen atoms in total. The number of hydrogen-bond acceptors (Lipinski definition) is 4. The molecule has 0 fully saturated rings. The van der Waals surface area contributed by atoms with Crippen molar-refractivity contribution in [1.29, 1.82) is 0 Å². The number of carbonyl (C=O) groups is 1. The number of phenolic OH excluding ortho intramolecular Hbond substituents is 1. The van der Waals surface area contributed by atoms with E-state index in [0.717, 1.165) is 22.4 Å². The fourth-order valence-corrected chi connectivity index (χ4v) is 2.78. The third-order valence-corrected chi connectivity index (χ3v) is 4.07. The highest BCUT2D eigenvalue weighted by Gasteiger charge is 2.26. The number of ketones is 1. The molecule has 0 heterocycles. The first kappa shape index (κ1) is 17.9. The smallest absolute Gasteiger partial charge is 0.189 e. The number of nitrogens with zero attached hydrogens (tertiary/aromatic N) is 1. The summed E-state index contributed by atoms with van der Waals surface area (Å²) in [6.07, 6.45) is 2.46. The standard InChI is InChI=1S/C19H19NO3.ClH/c1-20(2)15-6-4-12(5-7-15)8-14-9-13-10-18(23-3)17(21)11-16(13)19(14)22;/h4-8,10-11,21H,9H2,1-3H3;1H/b14-8+;. The molecular weight excluding hydrogens is 326 g/mol. The number of methoxy groups -OCH3 is 1. The van der Waals surface area contributed by atoms with E-state index in [1.807, 2.05) is 49.3 Å². The highest BCUT2D eigenvalue weighted by atomic mass is 35.5. The van der Waals surface area contributed by atoms with Gasteiger partial charge in [-0.3, -0.25) is 4.79 Å². The second-order valence-corrected chi connectivity index (χ2v) is 5.84. The molecule has 1 N–H and O–H groups in total. The number of allylic oxidation sites excluding steroid dienone is 1. The molecule has 0 radical (unpaired) electrons. The predicted octanol–water partition coefficient (Wildman–Crippen LogP) is 3.71. The minimum absolute atomic E-state index is 0. The van der Waals surface area contributed by atoms with E-state index in [2.05, 4.69) is 0 Å². The molecule has 0 aliphatic heterocycles. The number of carbonyl (C=O) groups excluding carboxylic acids is 1. The third kappa shape index (κ3) is 3.24. The second kappa shape index (κ2) is 6.97. The number of aromatic hydroxyl groups is 1. The van der Waals surface area contributed by atoms with Crippen molar-refractivity contribution in [3.8, 4) is 11.5 Å². The molecule has 2 aromatic carbocycles. The maximum atomic E-state index is 12.5. The van der Waals surface area contributed by atoms with E-state index < -0.39 is 0 Å². The van der Waals surface area contributed by atoms with Crippen molar-refractivity contribution >= 4 is 30.0 Å². The van der Waals surface area contributed by atoms with E-state index in [-0.39, 0.29) is 23.9 Å². The highest BCUT2D eigenvalue weighted by molar-refractivity contribution is 6.15. The maximum absolute atomic E-state index is 12.5. The molecule has 0 unspecified atom stereocenters. The van der Waals surface area contributed by atoms with E-state index >= 15 is 0 Å². The number of phenols is 1. The molecule has 0 atom stereocenters. The van der Waals surface area contributed by atoms with Crippen LogP contribution in [0.1, 0.15) is 21.5 Å². The largest absolute Gasteiger partial charge is 0.504 e. The summed E-state index contributed by atoms with van der Waals surface area (Å²) in [4.78, 5) is 14.5. The van der Waals surface area contributed by atoms with Crippen molar-refractivity contribution in [2.24, 2.45) is 0 Å². The van der Waals surface area contributed by atoms with Crippen molar-refractivity contribution in [2.75, 3.05) is 26.1 Å². The number of hydrogen-bond donors (Lipinski definition) is 1. The molecule has 0 spiro atoms. The normalized spacial score (nSPS) is 14.3. The Hall–Kier alpha value is -2.46. The molecule has 3 rings (SSSR count). The predicted molar refractivity (Wildman–Crippen MR) is 98.7 cm³/mol.